The van der Waals surface area contributed by atoms with E-state index in [4.69, 9.17) is 9.47 Å². The molecule has 0 bridgehead atoms. The molecule has 18 heavy (non-hydrogen) atoms. The van der Waals surface area contributed by atoms with Crippen molar-refractivity contribution in [2.45, 2.75) is 6.54 Å². The first-order valence-electron chi connectivity index (χ1n) is 6.08. The van der Waals surface area contributed by atoms with E-state index in [1.807, 2.05) is 0 Å². The lowest BCUT2D eigenvalue weighted by Gasteiger charge is -2.27. The fourth-order valence-electron chi connectivity index (χ4n) is 2.12. The summed E-state index contributed by atoms with van der Waals surface area (Å²) in [6.07, 6.45) is 0. The fourth-order valence-corrected chi connectivity index (χ4v) is 2.12. The Labute approximate surface area is 107 Å². The maximum Gasteiger partial charge on any atom is 0.169 e. The maximum absolute atomic E-state index is 14.1. The van der Waals surface area contributed by atoms with E-state index in [9.17, 15) is 4.39 Å². The molecule has 1 fully saturated rings. The molecule has 0 radical (unpaired) electrons. The van der Waals surface area contributed by atoms with Crippen LogP contribution in [0.3, 0.4) is 0 Å². The zero-order chi connectivity index (χ0) is 13.0. The zero-order valence-corrected chi connectivity index (χ0v) is 10.8. The average Bonchev–Trinajstić information content (AvgIpc) is 2.42. The number of halogens is 1. The van der Waals surface area contributed by atoms with Gasteiger partial charge < -0.3 is 14.8 Å². The number of nitrogens with one attached hydrogen (secondary N) is 1. The van der Waals surface area contributed by atoms with E-state index in [1.54, 1.807) is 19.2 Å². The summed E-state index contributed by atoms with van der Waals surface area (Å²) in [6, 6.07) is 3.30. The molecule has 0 unspecified atom stereocenters. The van der Waals surface area contributed by atoms with Crippen LogP contribution >= 0.6 is 0 Å². The Morgan fingerprint density at radius 2 is 1.94 bits per heavy atom. The molecule has 0 spiro atoms. The van der Waals surface area contributed by atoms with Crippen molar-refractivity contribution in [1.29, 1.82) is 0 Å². The van der Waals surface area contributed by atoms with E-state index in [-0.39, 0.29) is 11.6 Å². The molecule has 2 rings (SSSR count). The number of methoxy groups -OCH3 is 2. The highest BCUT2D eigenvalue weighted by molar-refractivity contribution is 5.40. The Bertz CT molecular complexity index is 406. The van der Waals surface area contributed by atoms with E-state index in [1.165, 1.54) is 7.11 Å². The summed E-state index contributed by atoms with van der Waals surface area (Å²) >= 11 is 0. The van der Waals surface area contributed by atoms with E-state index in [0.717, 1.165) is 26.2 Å². The van der Waals surface area contributed by atoms with Gasteiger partial charge in [0.1, 0.15) is 5.75 Å². The zero-order valence-electron chi connectivity index (χ0n) is 10.8. The van der Waals surface area contributed by atoms with E-state index >= 15 is 0 Å². The predicted octanol–water partition coefficient (Wildman–Crippen LogP) is 1.25. The van der Waals surface area contributed by atoms with Crippen LogP contribution in [-0.2, 0) is 6.54 Å². The molecule has 4 nitrogen and oxygen atoms in total. The van der Waals surface area contributed by atoms with E-state index < -0.39 is 0 Å². The second kappa shape index (κ2) is 6.02. The van der Waals surface area contributed by atoms with Gasteiger partial charge in [-0.15, -0.1) is 0 Å². The molecule has 1 saturated heterocycles. The smallest absolute Gasteiger partial charge is 0.169 e. The number of piperazine rings is 1. The van der Waals surface area contributed by atoms with Crippen LogP contribution in [0.4, 0.5) is 4.39 Å². The quantitative estimate of drug-likeness (QED) is 0.876. The van der Waals surface area contributed by atoms with Crippen LogP contribution in [0, 0.1) is 5.82 Å². The molecule has 1 aromatic carbocycles. The lowest BCUT2D eigenvalue weighted by molar-refractivity contribution is 0.229. The molecule has 0 aromatic heterocycles. The number of benzene rings is 1. The van der Waals surface area contributed by atoms with Gasteiger partial charge in [-0.05, 0) is 6.07 Å². The topological polar surface area (TPSA) is 33.7 Å². The van der Waals surface area contributed by atoms with Crippen LogP contribution in [0.25, 0.3) is 0 Å². The molecule has 1 N–H and O–H groups in total. The van der Waals surface area contributed by atoms with Gasteiger partial charge >= 0.3 is 0 Å². The number of hydrogen-bond acceptors (Lipinski definition) is 4. The summed E-state index contributed by atoms with van der Waals surface area (Å²) in [5.74, 6) is 0.565. The van der Waals surface area contributed by atoms with E-state index in [0.29, 0.717) is 17.9 Å². The van der Waals surface area contributed by atoms with Crippen molar-refractivity contribution in [2.24, 2.45) is 0 Å². The van der Waals surface area contributed by atoms with Crippen molar-refractivity contribution in [3.63, 3.8) is 0 Å². The van der Waals surface area contributed by atoms with Crippen LogP contribution in [0.2, 0.25) is 0 Å². The monoisotopic (exact) mass is 254 g/mol. The van der Waals surface area contributed by atoms with E-state index in [2.05, 4.69) is 10.2 Å². The summed E-state index contributed by atoms with van der Waals surface area (Å²) in [6.45, 7) is 4.34. The SMILES string of the molecule is COc1cc(CN2CCNCC2)c(F)c(OC)c1. The molecular formula is C13H19FN2O2. The summed E-state index contributed by atoms with van der Waals surface area (Å²) < 4.78 is 24.3. The fraction of sp³-hybridized carbons (Fsp3) is 0.538. The largest absolute Gasteiger partial charge is 0.497 e. The first-order chi connectivity index (χ1) is 8.74. The molecule has 100 valence electrons. The molecule has 0 amide bonds. The molecule has 0 aliphatic carbocycles. The third-order valence-corrected chi connectivity index (χ3v) is 3.15. The van der Waals surface area contributed by atoms with Gasteiger partial charge in [-0.25, -0.2) is 4.39 Å². The Morgan fingerprint density at radius 1 is 1.22 bits per heavy atom. The lowest BCUT2D eigenvalue weighted by Crippen LogP contribution is -2.43. The van der Waals surface area contributed by atoms with Gasteiger partial charge in [0, 0.05) is 44.4 Å². The van der Waals surface area contributed by atoms with Crippen molar-refractivity contribution in [3.8, 4) is 11.5 Å². The Balaban J connectivity index is 2.19. The van der Waals surface area contributed by atoms with Crippen molar-refractivity contribution in [1.82, 2.24) is 10.2 Å². The van der Waals surface area contributed by atoms with Crippen LogP contribution in [0.5, 0.6) is 11.5 Å². The van der Waals surface area contributed by atoms with Gasteiger partial charge in [0.25, 0.3) is 0 Å². The Hall–Kier alpha value is -1.33. The molecule has 5 heteroatoms. The molecule has 1 heterocycles. The molecule has 1 aromatic rings. The normalized spacial score (nSPS) is 16.6. The van der Waals surface area contributed by atoms with Crippen LogP contribution < -0.4 is 14.8 Å². The number of nitrogens with zero attached hydrogens (tertiary/aromatic N) is 1. The van der Waals surface area contributed by atoms with Gasteiger partial charge in [-0.3, -0.25) is 4.90 Å². The third kappa shape index (κ3) is 2.91. The highest BCUT2D eigenvalue weighted by Crippen LogP contribution is 2.28. The minimum atomic E-state index is -0.295. The Morgan fingerprint density at radius 3 is 2.56 bits per heavy atom. The maximum atomic E-state index is 14.1. The molecule has 0 atom stereocenters. The summed E-state index contributed by atoms with van der Waals surface area (Å²) in [5.41, 5.74) is 0.619. The molecule has 0 saturated carbocycles. The summed E-state index contributed by atoms with van der Waals surface area (Å²) in [7, 11) is 3.04. The van der Waals surface area contributed by atoms with Crippen LogP contribution in [0.1, 0.15) is 5.56 Å². The number of hydrogen-bond donors (Lipinski definition) is 1. The average molecular weight is 254 g/mol. The first-order valence-corrected chi connectivity index (χ1v) is 6.08. The Kier molecular flexibility index (Phi) is 4.38. The first kappa shape index (κ1) is 13.1. The van der Waals surface area contributed by atoms with Crippen molar-refractivity contribution in [2.75, 3.05) is 40.4 Å². The number of ether oxygens (including phenoxy) is 2. The molecule has 1 aliphatic rings. The highest BCUT2D eigenvalue weighted by Gasteiger charge is 2.16. The molecular weight excluding hydrogens is 235 g/mol. The second-order valence-electron chi connectivity index (χ2n) is 4.33. The highest BCUT2D eigenvalue weighted by atomic mass is 19.1. The van der Waals surface area contributed by atoms with Crippen molar-refractivity contribution in [3.05, 3.63) is 23.5 Å². The van der Waals surface area contributed by atoms with Gasteiger partial charge in [-0.2, -0.15) is 0 Å². The van der Waals surface area contributed by atoms with Gasteiger partial charge in [-0.1, -0.05) is 0 Å². The van der Waals surface area contributed by atoms with Crippen molar-refractivity contribution < 1.29 is 13.9 Å². The van der Waals surface area contributed by atoms with Gasteiger partial charge in [0.2, 0.25) is 0 Å². The lowest BCUT2D eigenvalue weighted by atomic mass is 10.1. The summed E-state index contributed by atoms with van der Waals surface area (Å²) in [4.78, 5) is 2.22. The second-order valence-corrected chi connectivity index (χ2v) is 4.33. The van der Waals surface area contributed by atoms with Crippen LogP contribution in [-0.4, -0.2) is 45.3 Å². The minimum absolute atomic E-state index is 0.236. The standard InChI is InChI=1S/C13H19FN2O2/c1-17-11-7-10(13(14)12(8-11)18-2)9-16-5-3-15-4-6-16/h7-8,15H,3-6,9H2,1-2H3. The molecule has 1 aliphatic heterocycles. The predicted molar refractivity (Wildman–Crippen MR) is 67.7 cm³/mol. The van der Waals surface area contributed by atoms with Crippen LogP contribution in [0.15, 0.2) is 12.1 Å². The minimum Gasteiger partial charge on any atom is -0.497 e. The van der Waals surface area contributed by atoms with Gasteiger partial charge in [0.05, 0.1) is 14.2 Å². The summed E-state index contributed by atoms with van der Waals surface area (Å²) in [5, 5.41) is 3.28. The number of rotatable bonds is 4. The van der Waals surface area contributed by atoms with Gasteiger partial charge in [0.15, 0.2) is 11.6 Å². The third-order valence-electron chi connectivity index (χ3n) is 3.15. The van der Waals surface area contributed by atoms with Crippen molar-refractivity contribution >= 4 is 0 Å².